The summed E-state index contributed by atoms with van der Waals surface area (Å²) in [6.07, 6.45) is 3.90. The third-order valence-corrected chi connectivity index (χ3v) is 5.22. The molecule has 0 aliphatic carbocycles. The molecular weight excluding hydrogens is 364 g/mol. The maximum Gasteiger partial charge on any atom is 0.240 e. The maximum absolute atomic E-state index is 12.6. The first-order valence-electron chi connectivity index (χ1n) is 9.68. The van der Waals surface area contributed by atoms with Crippen LogP contribution in [0.4, 0.5) is 0 Å². The van der Waals surface area contributed by atoms with Crippen LogP contribution in [-0.2, 0) is 11.2 Å². The first-order valence-corrected chi connectivity index (χ1v) is 9.68. The van der Waals surface area contributed by atoms with E-state index in [2.05, 4.69) is 16.4 Å². The number of carbonyl (C=O) groups is 1. The van der Waals surface area contributed by atoms with Gasteiger partial charge in [0.2, 0.25) is 5.91 Å². The molecule has 146 valence electrons. The highest BCUT2D eigenvalue weighted by molar-refractivity contribution is 5.82. The van der Waals surface area contributed by atoms with Crippen molar-refractivity contribution >= 4 is 5.91 Å². The Morgan fingerprint density at radius 3 is 2.69 bits per heavy atom. The van der Waals surface area contributed by atoms with Crippen LogP contribution in [-0.4, -0.2) is 44.4 Å². The number of carbonyl (C=O) groups excluding carboxylic acids is 1. The lowest BCUT2D eigenvalue weighted by Crippen LogP contribution is -2.46. The van der Waals surface area contributed by atoms with Crippen molar-refractivity contribution in [3.8, 4) is 23.0 Å². The Kier molecular flexibility index (Phi) is 5.36. The highest BCUT2D eigenvalue weighted by atomic mass is 16.2. The van der Waals surface area contributed by atoms with E-state index in [1.807, 2.05) is 60.8 Å². The van der Waals surface area contributed by atoms with E-state index in [1.165, 1.54) is 0 Å². The molecular formula is C22H22N6O. The van der Waals surface area contributed by atoms with Gasteiger partial charge in [0.25, 0.3) is 0 Å². The van der Waals surface area contributed by atoms with Crippen LogP contribution in [0, 0.1) is 11.3 Å². The first kappa shape index (κ1) is 18.8. The van der Waals surface area contributed by atoms with Crippen molar-refractivity contribution in [2.24, 2.45) is 5.73 Å². The summed E-state index contributed by atoms with van der Waals surface area (Å²) in [5.41, 5.74) is 9.80. The summed E-state index contributed by atoms with van der Waals surface area (Å²) in [6, 6.07) is 18.8. The van der Waals surface area contributed by atoms with Gasteiger partial charge in [-0.15, -0.1) is 5.10 Å². The monoisotopic (exact) mass is 386 g/mol. The molecule has 2 N–H and O–H groups in total. The fourth-order valence-corrected chi connectivity index (χ4v) is 3.63. The maximum atomic E-state index is 12.6. The number of benzene rings is 2. The third kappa shape index (κ3) is 4.03. The Morgan fingerprint density at radius 2 is 1.97 bits per heavy atom. The standard InChI is InChI=1S/C22H22N6O/c23-14-19-7-4-12-27(19)22(29)20(24)13-16-8-10-18(11-9-16)28-15-21(25-26-28)17-5-2-1-3-6-17/h1-3,5-6,8-11,15,19-20H,4,7,12-13,24H2/t19-,20-/m0/s1. The Hall–Kier alpha value is -3.50. The van der Waals surface area contributed by atoms with Crippen molar-refractivity contribution in [3.63, 3.8) is 0 Å². The molecule has 0 radical (unpaired) electrons. The molecule has 1 aliphatic heterocycles. The van der Waals surface area contributed by atoms with E-state index < -0.39 is 6.04 Å². The van der Waals surface area contributed by atoms with Crippen LogP contribution >= 0.6 is 0 Å². The van der Waals surface area contributed by atoms with Crippen molar-refractivity contribution < 1.29 is 4.79 Å². The number of rotatable bonds is 5. The summed E-state index contributed by atoms with van der Waals surface area (Å²) in [5.74, 6) is -0.151. The van der Waals surface area contributed by atoms with Gasteiger partial charge in [-0.2, -0.15) is 5.26 Å². The molecule has 0 unspecified atom stereocenters. The molecule has 1 amide bonds. The minimum Gasteiger partial charge on any atom is -0.325 e. The van der Waals surface area contributed by atoms with Gasteiger partial charge in [-0.25, -0.2) is 4.68 Å². The highest BCUT2D eigenvalue weighted by Crippen LogP contribution is 2.19. The number of nitriles is 1. The van der Waals surface area contributed by atoms with Gasteiger partial charge >= 0.3 is 0 Å². The van der Waals surface area contributed by atoms with Crippen LogP contribution in [0.15, 0.2) is 60.8 Å². The Bertz CT molecular complexity index is 1020. The quantitative estimate of drug-likeness (QED) is 0.725. The van der Waals surface area contributed by atoms with E-state index >= 15 is 0 Å². The van der Waals surface area contributed by atoms with Crippen LogP contribution in [0.2, 0.25) is 0 Å². The number of amides is 1. The second kappa shape index (κ2) is 8.25. The number of hydrogen-bond donors (Lipinski definition) is 1. The van der Waals surface area contributed by atoms with Crippen LogP contribution in [0.1, 0.15) is 18.4 Å². The number of hydrogen-bond acceptors (Lipinski definition) is 5. The summed E-state index contributed by atoms with van der Waals surface area (Å²) in [5, 5.41) is 17.6. The van der Waals surface area contributed by atoms with Gasteiger partial charge in [0.1, 0.15) is 11.7 Å². The lowest BCUT2D eigenvalue weighted by atomic mass is 10.0. The minimum absolute atomic E-state index is 0.151. The molecule has 2 atom stereocenters. The Morgan fingerprint density at radius 1 is 1.21 bits per heavy atom. The molecule has 2 heterocycles. The summed E-state index contributed by atoms with van der Waals surface area (Å²) in [7, 11) is 0. The predicted octanol–water partition coefficient (Wildman–Crippen LogP) is 2.32. The van der Waals surface area contributed by atoms with Gasteiger partial charge < -0.3 is 10.6 Å². The van der Waals surface area contributed by atoms with Crippen LogP contribution < -0.4 is 5.73 Å². The Balaban J connectivity index is 1.43. The Labute approximate surface area is 169 Å². The lowest BCUT2D eigenvalue weighted by molar-refractivity contribution is -0.132. The van der Waals surface area contributed by atoms with Crippen molar-refractivity contribution in [1.82, 2.24) is 19.9 Å². The molecule has 1 aromatic heterocycles. The predicted molar refractivity (Wildman–Crippen MR) is 109 cm³/mol. The van der Waals surface area contributed by atoms with Crippen LogP contribution in [0.3, 0.4) is 0 Å². The number of nitrogens with zero attached hydrogens (tertiary/aromatic N) is 5. The number of aromatic nitrogens is 3. The summed E-state index contributed by atoms with van der Waals surface area (Å²) < 4.78 is 1.72. The molecule has 7 heteroatoms. The van der Waals surface area contributed by atoms with E-state index in [0.29, 0.717) is 13.0 Å². The summed E-state index contributed by atoms with van der Waals surface area (Å²) >= 11 is 0. The molecule has 0 saturated carbocycles. The fourth-order valence-electron chi connectivity index (χ4n) is 3.63. The third-order valence-electron chi connectivity index (χ3n) is 5.22. The average molecular weight is 386 g/mol. The lowest BCUT2D eigenvalue weighted by Gasteiger charge is -2.23. The van der Waals surface area contributed by atoms with E-state index in [4.69, 9.17) is 5.73 Å². The van der Waals surface area contributed by atoms with Gasteiger partial charge in [-0.1, -0.05) is 47.7 Å². The SMILES string of the molecule is N#C[C@@H]1CCCN1C(=O)[C@@H](N)Cc1ccc(-n2cc(-c3ccccc3)nn2)cc1. The molecule has 2 aromatic carbocycles. The van der Waals surface area contributed by atoms with Gasteiger partial charge in [0.15, 0.2) is 0 Å². The molecule has 1 fully saturated rings. The largest absolute Gasteiger partial charge is 0.325 e. The zero-order valence-electron chi connectivity index (χ0n) is 16.0. The summed E-state index contributed by atoms with van der Waals surface area (Å²) in [4.78, 5) is 14.2. The molecule has 0 bridgehead atoms. The zero-order valence-corrected chi connectivity index (χ0v) is 16.0. The van der Waals surface area contributed by atoms with Crippen LogP contribution in [0.5, 0.6) is 0 Å². The van der Waals surface area contributed by atoms with Crippen molar-refractivity contribution in [2.75, 3.05) is 6.54 Å². The molecule has 4 rings (SSSR count). The molecule has 0 spiro atoms. The van der Waals surface area contributed by atoms with E-state index in [0.717, 1.165) is 35.3 Å². The van der Waals surface area contributed by atoms with Gasteiger partial charge in [-0.3, -0.25) is 4.79 Å². The first-order chi connectivity index (χ1) is 14.2. The normalized spacial score (nSPS) is 17.1. The summed E-state index contributed by atoms with van der Waals surface area (Å²) in [6.45, 7) is 0.611. The van der Waals surface area contributed by atoms with E-state index in [-0.39, 0.29) is 11.9 Å². The van der Waals surface area contributed by atoms with Gasteiger partial charge in [0, 0.05) is 12.1 Å². The number of nitrogens with two attached hydrogens (primary N) is 1. The van der Waals surface area contributed by atoms with Crippen molar-refractivity contribution in [2.45, 2.75) is 31.3 Å². The smallest absolute Gasteiger partial charge is 0.240 e. The van der Waals surface area contributed by atoms with Crippen molar-refractivity contribution in [3.05, 3.63) is 66.4 Å². The van der Waals surface area contributed by atoms with Crippen LogP contribution in [0.25, 0.3) is 16.9 Å². The van der Waals surface area contributed by atoms with Crippen molar-refractivity contribution in [1.29, 1.82) is 5.26 Å². The molecule has 3 aromatic rings. The van der Waals surface area contributed by atoms with Gasteiger partial charge in [-0.05, 0) is 37.0 Å². The topological polar surface area (TPSA) is 101 Å². The second-order valence-corrected chi connectivity index (χ2v) is 7.21. The molecule has 1 aliphatic rings. The molecule has 7 nitrogen and oxygen atoms in total. The number of likely N-dealkylation sites (tertiary alicyclic amines) is 1. The fraction of sp³-hybridized carbons (Fsp3) is 0.273. The van der Waals surface area contributed by atoms with Gasteiger partial charge in [0.05, 0.1) is 24.0 Å². The average Bonchev–Trinajstić information content (AvgIpc) is 3.44. The van der Waals surface area contributed by atoms with E-state index in [9.17, 15) is 10.1 Å². The highest BCUT2D eigenvalue weighted by Gasteiger charge is 2.31. The second-order valence-electron chi connectivity index (χ2n) is 7.21. The molecule has 29 heavy (non-hydrogen) atoms. The van der Waals surface area contributed by atoms with E-state index in [1.54, 1.807) is 9.58 Å². The molecule has 1 saturated heterocycles. The zero-order chi connectivity index (χ0) is 20.2. The minimum atomic E-state index is -0.647.